The number of carbonyl (C=O) groups is 2. The first kappa shape index (κ1) is 28.9. The van der Waals surface area contributed by atoms with E-state index in [1.807, 2.05) is 71.0 Å². The zero-order chi connectivity index (χ0) is 28.0. The van der Waals surface area contributed by atoms with Gasteiger partial charge in [-0.3, -0.25) is 13.9 Å². The van der Waals surface area contributed by atoms with Gasteiger partial charge in [-0.15, -0.1) is 0 Å². The molecule has 0 aliphatic heterocycles. The molecule has 3 rings (SSSR count). The molecule has 38 heavy (non-hydrogen) atoms. The van der Waals surface area contributed by atoms with E-state index in [2.05, 4.69) is 5.32 Å². The molecule has 7 nitrogen and oxygen atoms in total. The van der Waals surface area contributed by atoms with Crippen molar-refractivity contribution in [2.45, 2.75) is 65.1 Å². The van der Waals surface area contributed by atoms with Crippen molar-refractivity contribution in [1.29, 1.82) is 0 Å². The molecule has 8 heteroatoms. The predicted molar refractivity (Wildman–Crippen MR) is 151 cm³/mol. The van der Waals surface area contributed by atoms with E-state index >= 15 is 0 Å². The summed E-state index contributed by atoms with van der Waals surface area (Å²) in [6, 6.07) is 20.3. The van der Waals surface area contributed by atoms with E-state index in [4.69, 9.17) is 0 Å². The third kappa shape index (κ3) is 7.01. The lowest BCUT2D eigenvalue weighted by atomic mass is 10.1. The van der Waals surface area contributed by atoms with Gasteiger partial charge in [0.2, 0.25) is 11.8 Å². The first-order valence-electron chi connectivity index (χ1n) is 12.7. The molecule has 1 N–H and O–H groups in total. The predicted octanol–water partition coefficient (Wildman–Crippen LogP) is 4.75. The monoisotopic (exact) mass is 535 g/mol. The lowest BCUT2D eigenvalue weighted by molar-refractivity contribution is -0.139. The van der Waals surface area contributed by atoms with Crippen LogP contribution in [0.4, 0.5) is 5.69 Å². The van der Waals surface area contributed by atoms with Gasteiger partial charge in [0.05, 0.1) is 10.6 Å². The second-order valence-electron chi connectivity index (χ2n) is 9.94. The van der Waals surface area contributed by atoms with Crippen molar-refractivity contribution in [3.05, 3.63) is 95.1 Å². The van der Waals surface area contributed by atoms with Gasteiger partial charge in [0.25, 0.3) is 10.0 Å². The van der Waals surface area contributed by atoms with Crippen LogP contribution in [0.5, 0.6) is 0 Å². The second kappa shape index (κ2) is 12.3. The van der Waals surface area contributed by atoms with E-state index in [0.717, 1.165) is 26.6 Å². The highest BCUT2D eigenvalue weighted by atomic mass is 32.2. The summed E-state index contributed by atoms with van der Waals surface area (Å²) >= 11 is 0. The maximum atomic E-state index is 13.9. The summed E-state index contributed by atoms with van der Waals surface area (Å²) in [6.45, 7) is 10.8. The molecule has 2 amide bonds. The van der Waals surface area contributed by atoms with Crippen molar-refractivity contribution >= 4 is 27.5 Å². The van der Waals surface area contributed by atoms with Gasteiger partial charge >= 0.3 is 0 Å². The molecule has 0 unspecified atom stereocenters. The van der Waals surface area contributed by atoms with Crippen LogP contribution in [-0.4, -0.2) is 43.8 Å². The first-order valence-corrected chi connectivity index (χ1v) is 14.1. The Labute approximate surface area is 226 Å². The maximum Gasteiger partial charge on any atom is 0.264 e. The van der Waals surface area contributed by atoms with Crippen LogP contribution in [0.2, 0.25) is 0 Å². The number of amides is 2. The minimum atomic E-state index is -4.08. The molecule has 0 fully saturated rings. The van der Waals surface area contributed by atoms with Crippen LogP contribution in [0, 0.1) is 20.8 Å². The molecule has 1 atom stereocenters. The van der Waals surface area contributed by atoms with E-state index in [0.29, 0.717) is 5.69 Å². The summed E-state index contributed by atoms with van der Waals surface area (Å²) in [5.74, 6) is -0.780. The quantitative estimate of drug-likeness (QED) is 0.406. The Morgan fingerprint density at radius 3 is 2.05 bits per heavy atom. The minimum Gasteiger partial charge on any atom is -0.352 e. The van der Waals surface area contributed by atoms with Crippen LogP contribution < -0.4 is 9.62 Å². The van der Waals surface area contributed by atoms with Crippen molar-refractivity contribution in [3.63, 3.8) is 0 Å². The van der Waals surface area contributed by atoms with Gasteiger partial charge in [0.15, 0.2) is 0 Å². The second-order valence-corrected chi connectivity index (χ2v) is 11.8. The highest BCUT2D eigenvalue weighted by molar-refractivity contribution is 7.92. The maximum absolute atomic E-state index is 13.9. The van der Waals surface area contributed by atoms with Crippen LogP contribution in [0.15, 0.2) is 77.7 Å². The van der Waals surface area contributed by atoms with Gasteiger partial charge in [-0.25, -0.2) is 8.42 Å². The van der Waals surface area contributed by atoms with Crippen molar-refractivity contribution in [2.24, 2.45) is 0 Å². The average Bonchev–Trinajstić information content (AvgIpc) is 2.87. The van der Waals surface area contributed by atoms with Crippen molar-refractivity contribution in [3.8, 4) is 0 Å². The number of hydrogen-bond acceptors (Lipinski definition) is 4. The number of nitrogens with zero attached hydrogens (tertiary/aromatic N) is 2. The number of rotatable bonds is 10. The summed E-state index contributed by atoms with van der Waals surface area (Å²) < 4.78 is 28.9. The highest BCUT2D eigenvalue weighted by Gasteiger charge is 2.32. The largest absolute Gasteiger partial charge is 0.352 e. The number of aryl methyl sites for hydroxylation is 3. The fourth-order valence-corrected chi connectivity index (χ4v) is 5.42. The first-order chi connectivity index (χ1) is 17.9. The highest BCUT2D eigenvalue weighted by Crippen LogP contribution is 2.27. The molecule has 0 bridgehead atoms. The summed E-state index contributed by atoms with van der Waals surface area (Å²) in [6.07, 6.45) is 0. The molecule has 0 saturated heterocycles. The fourth-order valence-electron chi connectivity index (χ4n) is 4.01. The molecule has 0 saturated carbocycles. The number of benzene rings is 3. The number of hydrogen-bond donors (Lipinski definition) is 1. The van der Waals surface area contributed by atoms with Gasteiger partial charge in [-0.05, 0) is 82.5 Å². The zero-order valence-electron chi connectivity index (χ0n) is 22.9. The normalized spacial score (nSPS) is 12.2. The molecule has 0 spiro atoms. The van der Waals surface area contributed by atoms with Crippen LogP contribution >= 0.6 is 0 Å². The summed E-state index contributed by atoms with van der Waals surface area (Å²) in [7, 11) is -4.08. The third-order valence-corrected chi connectivity index (χ3v) is 8.25. The number of sulfonamides is 1. The van der Waals surface area contributed by atoms with Gasteiger partial charge in [0.1, 0.15) is 12.6 Å². The molecule has 0 radical (unpaired) electrons. The molecular weight excluding hydrogens is 498 g/mol. The van der Waals surface area contributed by atoms with Gasteiger partial charge in [-0.2, -0.15) is 0 Å². The van der Waals surface area contributed by atoms with Gasteiger partial charge < -0.3 is 10.2 Å². The van der Waals surface area contributed by atoms with E-state index in [1.165, 1.54) is 4.90 Å². The van der Waals surface area contributed by atoms with Crippen LogP contribution in [0.25, 0.3) is 0 Å². The van der Waals surface area contributed by atoms with Crippen molar-refractivity contribution < 1.29 is 18.0 Å². The van der Waals surface area contributed by atoms with Crippen LogP contribution in [0.3, 0.4) is 0 Å². The smallest absolute Gasteiger partial charge is 0.264 e. The minimum absolute atomic E-state index is 0.0920. The Morgan fingerprint density at radius 2 is 1.47 bits per heavy atom. The third-order valence-electron chi connectivity index (χ3n) is 6.46. The van der Waals surface area contributed by atoms with Crippen LogP contribution in [0.1, 0.15) is 43.0 Å². The Morgan fingerprint density at radius 1 is 0.842 bits per heavy atom. The Balaban J connectivity index is 2.04. The molecular formula is C30H37N3O4S. The molecule has 3 aromatic rings. The standard InChI is InChI=1S/C30H37N3O4S/c1-21(2)31-30(35)25(6)32(19-26-10-8-7-9-11-26)29(34)20-33(27-15-14-23(4)24(5)18-27)38(36,37)28-16-12-22(3)13-17-28/h7-18,21,25H,19-20H2,1-6H3,(H,31,35)/t25-/m0/s1. The van der Waals surface area contributed by atoms with Crippen molar-refractivity contribution in [1.82, 2.24) is 10.2 Å². The van der Waals surface area contributed by atoms with Gasteiger partial charge in [0, 0.05) is 12.6 Å². The number of nitrogens with one attached hydrogen (secondary N) is 1. The van der Waals surface area contributed by atoms with Crippen LogP contribution in [-0.2, 0) is 26.2 Å². The molecule has 0 heterocycles. The molecule has 0 aromatic heterocycles. The lowest BCUT2D eigenvalue weighted by Crippen LogP contribution is -2.52. The Hall–Kier alpha value is -3.65. The fraction of sp³-hybridized carbons (Fsp3) is 0.333. The molecule has 0 aliphatic rings. The van der Waals surface area contributed by atoms with E-state index in [1.54, 1.807) is 43.3 Å². The van der Waals surface area contributed by atoms with Crippen molar-refractivity contribution in [2.75, 3.05) is 10.8 Å². The van der Waals surface area contributed by atoms with E-state index < -0.39 is 28.5 Å². The SMILES string of the molecule is Cc1ccc(S(=O)(=O)N(CC(=O)N(Cc2ccccc2)[C@@H](C)C(=O)NC(C)C)c2ccc(C)c(C)c2)cc1. The summed E-state index contributed by atoms with van der Waals surface area (Å²) in [5.41, 5.74) is 4.07. The topological polar surface area (TPSA) is 86.8 Å². The molecule has 202 valence electrons. The van der Waals surface area contributed by atoms with E-state index in [-0.39, 0.29) is 23.4 Å². The zero-order valence-corrected chi connectivity index (χ0v) is 23.7. The van der Waals surface area contributed by atoms with Gasteiger partial charge in [-0.1, -0.05) is 54.1 Å². The Kier molecular flexibility index (Phi) is 9.33. The average molecular weight is 536 g/mol. The lowest BCUT2D eigenvalue weighted by Gasteiger charge is -2.32. The number of anilines is 1. The Bertz CT molecular complexity index is 1370. The molecule has 0 aliphatic carbocycles. The summed E-state index contributed by atoms with van der Waals surface area (Å²) in [4.78, 5) is 28.4. The van der Waals surface area contributed by atoms with E-state index in [9.17, 15) is 18.0 Å². The summed E-state index contributed by atoms with van der Waals surface area (Å²) in [5, 5.41) is 2.86. The molecule has 3 aromatic carbocycles. The number of carbonyl (C=O) groups excluding carboxylic acids is 2.